The number of hydrogen-bond acceptors (Lipinski definition) is 2. The largest absolute Gasteiger partial charge is 0.261 e. The van der Waals surface area contributed by atoms with Crippen LogP contribution in [0.25, 0.3) is 0 Å². The van der Waals surface area contributed by atoms with E-state index in [-0.39, 0.29) is 5.56 Å². The van der Waals surface area contributed by atoms with E-state index < -0.39 is 38.1 Å². The van der Waals surface area contributed by atoms with Crippen LogP contribution in [-0.4, -0.2) is 8.42 Å². The second kappa shape index (κ2) is 2.83. The zero-order chi connectivity index (χ0) is 12.0. The Balaban J connectivity index is 3.84. The Morgan fingerprint density at radius 1 is 1.36 bits per heavy atom. The van der Waals surface area contributed by atoms with Gasteiger partial charge in [-0.15, -0.1) is 0 Å². The molecule has 0 atom stereocenters. The first-order valence-electron chi connectivity index (χ1n) is 4.69. The molecular weight excluding hydrogens is 184 g/mol. The maximum atomic E-state index is 11.0. The molecule has 0 aliphatic rings. The van der Waals surface area contributed by atoms with Crippen LogP contribution in [0.3, 0.4) is 0 Å². The summed E-state index contributed by atoms with van der Waals surface area (Å²) in [5.74, 6) is 0. The highest BCUT2D eigenvalue weighted by atomic mass is 35.7. The molecule has 0 aliphatic heterocycles. The summed E-state index contributed by atoms with van der Waals surface area (Å²) >= 11 is 0. The van der Waals surface area contributed by atoms with Crippen LogP contribution >= 0.6 is 10.7 Å². The van der Waals surface area contributed by atoms with Crippen molar-refractivity contribution in [2.24, 2.45) is 0 Å². The van der Waals surface area contributed by atoms with Gasteiger partial charge in [-0.2, -0.15) is 0 Å². The van der Waals surface area contributed by atoms with Crippen molar-refractivity contribution in [3.63, 3.8) is 0 Å². The van der Waals surface area contributed by atoms with Crippen LogP contribution in [0, 0.1) is 6.92 Å². The van der Waals surface area contributed by atoms with Gasteiger partial charge in [-0.3, -0.25) is 0 Å². The summed E-state index contributed by atoms with van der Waals surface area (Å²) in [4.78, 5) is -0.773. The van der Waals surface area contributed by atoms with Gasteiger partial charge in [0.1, 0.15) is 0 Å². The smallest absolute Gasteiger partial charge is 0.207 e. The van der Waals surface area contributed by atoms with Crippen LogP contribution < -0.4 is 0 Å². The fourth-order valence-electron chi connectivity index (χ4n) is 0.485. The number of hydrogen-bond donors (Lipinski definition) is 0. The lowest BCUT2D eigenvalue weighted by Crippen LogP contribution is -1.89. The van der Waals surface area contributed by atoms with Crippen LogP contribution in [-0.2, 0) is 9.05 Å². The van der Waals surface area contributed by atoms with Crippen LogP contribution in [0.2, 0.25) is 0 Å². The Bertz CT molecular complexity index is 497. The molecule has 2 nitrogen and oxygen atoms in total. The van der Waals surface area contributed by atoms with Crippen molar-refractivity contribution >= 4 is 19.7 Å². The van der Waals surface area contributed by atoms with Gasteiger partial charge in [0, 0.05) is 10.7 Å². The van der Waals surface area contributed by atoms with Crippen molar-refractivity contribution in [3.05, 3.63) is 29.7 Å². The van der Waals surface area contributed by atoms with E-state index in [1.807, 2.05) is 0 Å². The fraction of sp³-hybridized carbons (Fsp3) is 0.143. The first-order chi connectivity index (χ1) is 6.68. The molecule has 0 saturated heterocycles. The lowest BCUT2D eigenvalue weighted by molar-refractivity contribution is 0.609. The molecule has 0 amide bonds. The standard InChI is InChI=1S/C7H7ClO2S/c1-6-2-4-7(5-3-6)11(8,9)10/h2-5H,1H3/i2D,3D,4D,5D. The molecule has 0 saturated carbocycles. The second-order valence-corrected chi connectivity index (χ2v) is 4.39. The van der Waals surface area contributed by atoms with E-state index in [1.165, 1.54) is 6.92 Å². The molecule has 0 unspecified atom stereocenters. The van der Waals surface area contributed by atoms with Crippen molar-refractivity contribution < 1.29 is 13.9 Å². The summed E-state index contributed by atoms with van der Waals surface area (Å²) in [5, 5.41) is 0. The van der Waals surface area contributed by atoms with Gasteiger partial charge in [0.05, 0.1) is 10.4 Å². The average molecular weight is 195 g/mol. The summed E-state index contributed by atoms with van der Waals surface area (Å²) in [6.07, 6.45) is 0. The topological polar surface area (TPSA) is 34.1 Å². The van der Waals surface area contributed by atoms with Gasteiger partial charge >= 0.3 is 0 Å². The predicted molar refractivity (Wildman–Crippen MR) is 44.2 cm³/mol. The molecule has 0 heterocycles. The molecule has 11 heavy (non-hydrogen) atoms. The van der Waals surface area contributed by atoms with Crippen molar-refractivity contribution in [2.75, 3.05) is 0 Å². The third-order valence-electron chi connectivity index (χ3n) is 0.971. The molecule has 4 heteroatoms. The van der Waals surface area contributed by atoms with Gasteiger partial charge < -0.3 is 0 Å². The second-order valence-electron chi connectivity index (χ2n) is 1.89. The molecule has 0 fully saturated rings. The molecule has 0 aromatic heterocycles. The monoisotopic (exact) mass is 194 g/mol. The molecule has 1 rings (SSSR count). The first-order valence-corrected chi connectivity index (χ1v) is 5.00. The third kappa shape index (κ3) is 2.20. The molecule has 0 aliphatic carbocycles. The molecule has 0 N–H and O–H groups in total. The van der Waals surface area contributed by atoms with Crippen LogP contribution in [0.1, 0.15) is 11.0 Å². The van der Waals surface area contributed by atoms with E-state index in [1.54, 1.807) is 0 Å². The highest BCUT2D eigenvalue weighted by Crippen LogP contribution is 2.14. The van der Waals surface area contributed by atoms with Crippen molar-refractivity contribution in [2.45, 2.75) is 11.8 Å². The highest BCUT2D eigenvalue weighted by molar-refractivity contribution is 8.13. The summed E-state index contributed by atoms with van der Waals surface area (Å²) in [6, 6.07) is -2.06. The molecular formula is C7H7ClO2S. The minimum Gasteiger partial charge on any atom is -0.207 e. The molecule has 0 spiro atoms. The van der Waals surface area contributed by atoms with Gasteiger partial charge in [0.25, 0.3) is 9.05 Å². The minimum absolute atomic E-state index is 0.0917. The van der Waals surface area contributed by atoms with E-state index in [9.17, 15) is 8.42 Å². The summed E-state index contributed by atoms with van der Waals surface area (Å²) < 4.78 is 51.6. The molecule has 60 valence electrons. The SMILES string of the molecule is [2H]c1c([2H])c(S(=O)(=O)Cl)c([2H])c([2H])c1C. The molecule has 1 aromatic carbocycles. The van der Waals surface area contributed by atoms with Gasteiger partial charge in [-0.25, -0.2) is 8.42 Å². The Morgan fingerprint density at radius 2 is 1.82 bits per heavy atom. The van der Waals surface area contributed by atoms with Crippen molar-refractivity contribution in [3.8, 4) is 0 Å². The average Bonchev–Trinajstić information content (AvgIpc) is 2.09. The Labute approximate surface area is 75.8 Å². The van der Waals surface area contributed by atoms with E-state index in [0.717, 1.165) is 0 Å². The number of benzene rings is 1. The first kappa shape index (κ1) is 4.48. The zero-order valence-electron chi connectivity index (χ0n) is 9.60. The van der Waals surface area contributed by atoms with E-state index in [4.69, 9.17) is 16.2 Å². The summed E-state index contributed by atoms with van der Waals surface area (Å²) in [7, 11) is 0.762. The van der Waals surface area contributed by atoms with E-state index in [0.29, 0.717) is 0 Å². The van der Waals surface area contributed by atoms with Crippen molar-refractivity contribution in [1.29, 1.82) is 0 Å². The lowest BCUT2D eigenvalue weighted by Gasteiger charge is -1.94. The summed E-state index contributed by atoms with van der Waals surface area (Å²) in [5.41, 5.74) is 0.0917. The fourth-order valence-corrected chi connectivity index (χ4v) is 1.06. The van der Waals surface area contributed by atoms with Gasteiger partial charge in [0.15, 0.2) is 0 Å². The maximum absolute atomic E-state index is 11.0. The molecule has 0 bridgehead atoms. The predicted octanol–water partition coefficient (Wildman–Crippen LogP) is 1.92. The number of rotatable bonds is 1. The Hall–Kier alpha value is -0.540. The normalized spacial score (nSPS) is 16.5. The summed E-state index contributed by atoms with van der Waals surface area (Å²) in [6.45, 7) is 1.38. The lowest BCUT2D eigenvalue weighted by atomic mass is 10.2. The van der Waals surface area contributed by atoms with E-state index >= 15 is 0 Å². The van der Waals surface area contributed by atoms with Gasteiger partial charge in [0.2, 0.25) is 0 Å². The highest BCUT2D eigenvalue weighted by Gasteiger charge is 2.07. The quantitative estimate of drug-likeness (QED) is 0.641. The van der Waals surface area contributed by atoms with Gasteiger partial charge in [-0.1, -0.05) is 17.6 Å². The van der Waals surface area contributed by atoms with E-state index in [2.05, 4.69) is 0 Å². The van der Waals surface area contributed by atoms with Crippen LogP contribution in [0.15, 0.2) is 29.1 Å². The molecule has 0 radical (unpaired) electrons. The Kier molecular flexibility index (Phi) is 1.15. The Morgan fingerprint density at radius 3 is 2.18 bits per heavy atom. The minimum atomic E-state index is -4.27. The van der Waals surface area contributed by atoms with Crippen molar-refractivity contribution in [1.82, 2.24) is 0 Å². The maximum Gasteiger partial charge on any atom is 0.261 e. The van der Waals surface area contributed by atoms with Crippen LogP contribution in [0.4, 0.5) is 0 Å². The van der Waals surface area contributed by atoms with Crippen LogP contribution in [0.5, 0.6) is 0 Å². The molecule has 1 aromatic rings. The van der Waals surface area contributed by atoms with Gasteiger partial charge in [-0.05, 0) is 19.0 Å². The zero-order valence-corrected chi connectivity index (χ0v) is 7.18. The third-order valence-corrected chi connectivity index (χ3v) is 2.13. The number of halogens is 1.